The summed E-state index contributed by atoms with van der Waals surface area (Å²) in [5.41, 5.74) is 10.2. The van der Waals surface area contributed by atoms with Crippen molar-refractivity contribution in [1.29, 1.82) is 5.26 Å². The number of nitrogens with two attached hydrogens (primary N) is 2. The molecule has 0 atom stereocenters. The molecule has 0 aliphatic carbocycles. The van der Waals surface area contributed by atoms with Crippen LogP contribution in [0.2, 0.25) is 0 Å². The predicted octanol–water partition coefficient (Wildman–Crippen LogP) is -1.67. The third-order valence-corrected chi connectivity index (χ3v) is 0.595. The molecule has 0 aliphatic heterocycles. The molecule has 0 fully saturated rings. The first kappa shape index (κ1) is 7.72. The van der Waals surface area contributed by atoms with Crippen LogP contribution in [0.4, 0.5) is 0 Å². The van der Waals surface area contributed by atoms with Gasteiger partial charge in [-0.05, 0) is 0 Å². The monoisotopic (exact) mass is 127 g/mol. The lowest BCUT2D eigenvalue weighted by atomic mass is 10.7. The molecule has 5 N–H and O–H groups in total. The summed E-state index contributed by atoms with van der Waals surface area (Å²) >= 11 is 0. The van der Waals surface area contributed by atoms with Gasteiger partial charge in [-0.3, -0.25) is 10.3 Å². The van der Waals surface area contributed by atoms with E-state index in [-0.39, 0.29) is 5.96 Å². The van der Waals surface area contributed by atoms with Gasteiger partial charge in [0, 0.05) is 6.54 Å². The van der Waals surface area contributed by atoms with Gasteiger partial charge in [-0.15, -0.1) is 0 Å². The molecule has 0 amide bonds. The van der Waals surface area contributed by atoms with Gasteiger partial charge in [0.2, 0.25) is 5.96 Å². The van der Waals surface area contributed by atoms with Crippen molar-refractivity contribution in [3.63, 3.8) is 0 Å². The van der Waals surface area contributed by atoms with Crippen LogP contribution in [0.5, 0.6) is 0 Å². The van der Waals surface area contributed by atoms with Gasteiger partial charge in [0.1, 0.15) is 0 Å². The second kappa shape index (κ2) is 4.87. The Bertz CT molecular complexity index is 132. The first-order valence-electron chi connectivity index (χ1n) is 2.46. The van der Waals surface area contributed by atoms with Crippen LogP contribution in [0.15, 0.2) is 4.99 Å². The molecule has 0 saturated heterocycles. The lowest BCUT2D eigenvalue weighted by Gasteiger charge is -1.92. The van der Waals surface area contributed by atoms with Gasteiger partial charge < -0.3 is 11.5 Å². The van der Waals surface area contributed by atoms with Gasteiger partial charge >= 0.3 is 0 Å². The van der Waals surface area contributed by atoms with E-state index in [1.807, 2.05) is 0 Å². The molecule has 0 saturated carbocycles. The van der Waals surface area contributed by atoms with Crippen LogP contribution in [0.25, 0.3) is 0 Å². The number of hydrogen-bond donors (Lipinski definition) is 3. The maximum atomic E-state index is 7.98. The van der Waals surface area contributed by atoms with Gasteiger partial charge in [-0.25, -0.2) is 0 Å². The second-order valence-electron chi connectivity index (χ2n) is 1.29. The van der Waals surface area contributed by atoms with E-state index in [1.165, 1.54) is 0 Å². The van der Waals surface area contributed by atoms with E-state index in [4.69, 9.17) is 16.7 Å². The summed E-state index contributed by atoms with van der Waals surface area (Å²) in [6, 6.07) is 0. The van der Waals surface area contributed by atoms with E-state index >= 15 is 0 Å². The van der Waals surface area contributed by atoms with Crippen molar-refractivity contribution >= 4 is 5.96 Å². The second-order valence-corrected chi connectivity index (χ2v) is 1.29. The van der Waals surface area contributed by atoms with Crippen LogP contribution in [0.3, 0.4) is 0 Å². The smallest absolute Gasteiger partial charge is 0.202 e. The summed E-state index contributed by atoms with van der Waals surface area (Å²) in [5, 5.41) is 10.1. The van der Waals surface area contributed by atoms with Gasteiger partial charge in [-0.2, -0.15) is 5.26 Å². The van der Waals surface area contributed by atoms with E-state index in [2.05, 4.69) is 10.3 Å². The molecular weight excluding hydrogens is 118 g/mol. The maximum absolute atomic E-state index is 7.98. The molecule has 0 aromatic carbocycles. The number of aliphatic imine (C=N–C) groups is 1. The molecule has 0 unspecified atom stereocenters. The zero-order valence-electron chi connectivity index (χ0n) is 4.96. The van der Waals surface area contributed by atoms with Gasteiger partial charge in [0.25, 0.3) is 0 Å². The first-order valence-corrected chi connectivity index (χ1v) is 2.46. The van der Waals surface area contributed by atoms with Gasteiger partial charge in [-0.1, -0.05) is 0 Å². The molecule has 5 nitrogen and oxygen atoms in total. The quantitative estimate of drug-likeness (QED) is 0.179. The Kier molecular flexibility index (Phi) is 4.18. The molecule has 0 rings (SSSR count). The molecule has 0 bridgehead atoms. The van der Waals surface area contributed by atoms with Crippen molar-refractivity contribution in [2.24, 2.45) is 16.5 Å². The minimum Gasteiger partial charge on any atom is -0.369 e. The molecule has 5 heteroatoms. The summed E-state index contributed by atoms with van der Waals surface area (Å²) in [6.07, 6.45) is 1.63. The van der Waals surface area contributed by atoms with Crippen LogP contribution in [-0.4, -0.2) is 19.0 Å². The van der Waals surface area contributed by atoms with E-state index in [0.717, 1.165) is 0 Å². The number of rotatable bonds is 2. The molecular formula is C4H9N5. The van der Waals surface area contributed by atoms with Crippen molar-refractivity contribution in [2.45, 2.75) is 0 Å². The van der Waals surface area contributed by atoms with Crippen LogP contribution >= 0.6 is 0 Å². The van der Waals surface area contributed by atoms with Crippen LogP contribution < -0.4 is 16.8 Å². The van der Waals surface area contributed by atoms with Crippen molar-refractivity contribution < 1.29 is 0 Å². The number of nitrogens with zero attached hydrogens (tertiary/aromatic N) is 2. The fraction of sp³-hybridized carbons (Fsp3) is 0.500. The number of nitrogens with one attached hydrogen (secondary N) is 1. The van der Waals surface area contributed by atoms with Crippen molar-refractivity contribution in [1.82, 2.24) is 5.32 Å². The molecule has 0 heterocycles. The third-order valence-electron chi connectivity index (χ3n) is 0.595. The molecule has 0 aromatic heterocycles. The van der Waals surface area contributed by atoms with E-state index in [0.29, 0.717) is 13.1 Å². The number of nitriles is 1. The van der Waals surface area contributed by atoms with Crippen molar-refractivity contribution in [3.05, 3.63) is 0 Å². The van der Waals surface area contributed by atoms with E-state index in [9.17, 15) is 0 Å². The Labute approximate surface area is 53.4 Å². The summed E-state index contributed by atoms with van der Waals surface area (Å²) in [4.78, 5) is 3.67. The lowest BCUT2D eigenvalue weighted by molar-refractivity contribution is 0.961. The average Bonchev–Trinajstić information content (AvgIpc) is 1.85. The average molecular weight is 127 g/mol. The fourth-order valence-electron chi connectivity index (χ4n) is 0.282. The summed E-state index contributed by atoms with van der Waals surface area (Å²) in [5.74, 6) is 0.114. The normalized spacial score (nSPS) is 10.4. The van der Waals surface area contributed by atoms with Crippen LogP contribution in [0.1, 0.15) is 0 Å². The lowest BCUT2D eigenvalue weighted by Crippen LogP contribution is -2.28. The Morgan fingerprint density at radius 2 is 2.44 bits per heavy atom. The highest BCUT2D eigenvalue weighted by atomic mass is 15.1. The Morgan fingerprint density at radius 3 is 2.89 bits per heavy atom. The molecule has 9 heavy (non-hydrogen) atoms. The molecule has 0 aliphatic rings. The number of hydrogen-bond acceptors (Lipinski definition) is 3. The predicted molar refractivity (Wildman–Crippen MR) is 34.3 cm³/mol. The zero-order valence-corrected chi connectivity index (χ0v) is 4.96. The van der Waals surface area contributed by atoms with Crippen molar-refractivity contribution in [2.75, 3.05) is 13.1 Å². The highest BCUT2D eigenvalue weighted by molar-refractivity contribution is 5.79. The minimum absolute atomic E-state index is 0.114. The molecule has 0 aromatic rings. The SMILES string of the molecule is N#CNC(N)=NCCN. The van der Waals surface area contributed by atoms with E-state index < -0.39 is 0 Å². The standard InChI is InChI=1S/C4H9N5/c5-1-2-8-4(7)9-3-6/h1-2,5H2,(H3,7,8,9). The van der Waals surface area contributed by atoms with Gasteiger partial charge in [0.15, 0.2) is 6.19 Å². The Hall–Kier alpha value is -1.28. The van der Waals surface area contributed by atoms with E-state index in [1.54, 1.807) is 6.19 Å². The topological polar surface area (TPSA) is 100 Å². The third kappa shape index (κ3) is 4.58. The highest BCUT2D eigenvalue weighted by Gasteiger charge is 1.83. The largest absolute Gasteiger partial charge is 0.369 e. The summed E-state index contributed by atoms with van der Waals surface area (Å²) < 4.78 is 0. The zero-order chi connectivity index (χ0) is 7.11. The minimum atomic E-state index is 0.114. The Balaban J connectivity index is 3.46. The number of guanidine groups is 1. The highest BCUT2D eigenvalue weighted by Crippen LogP contribution is 1.62. The Morgan fingerprint density at radius 1 is 1.78 bits per heavy atom. The van der Waals surface area contributed by atoms with Crippen molar-refractivity contribution in [3.8, 4) is 6.19 Å². The summed E-state index contributed by atoms with van der Waals surface area (Å²) in [7, 11) is 0. The fourth-order valence-corrected chi connectivity index (χ4v) is 0.282. The van der Waals surface area contributed by atoms with Gasteiger partial charge in [0.05, 0.1) is 6.54 Å². The van der Waals surface area contributed by atoms with Crippen LogP contribution in [0, 0.1) is 11.5 Å². The van der Waals surface area contributed by atoms with Crippen LogP contribution in [-0.2, 0) is 0 Å². The maximum Gasteiger partial charge on any atom is 0.202 e. The molecule has 0 radical (unpaired) electrons. The first-order chi connectivity index (χ1) is 4.31. The molecule has 0 spiro atoms. The summed E-state index contributed by atoms with van der Waals surface area (Å²) in [6.45, 7) is 0.883. The molecule has 50 valence electrons.